The summed E-state index contributed by atoms with van der Waals surface area (Å²) in [4.78, 5) is 39.7. The fraction of sp³-hybridized carbons (Fsp3) is 0.185. The van der Waals surface area contributed by atoms with E-state index in [0.717, 1.165) is 22.6 Å². The van der Waals surface area contributed by atoms with Crippen LogP contribution in [0.15, 0.2) is 77.9 Å². The molecule has 2 heterocycles. The Balaban J connectivity index is 1.46. The van der Waals surface area contributed by atoms with Crippen LogP contribution >= 0.6 is 0 Å². The van der Waals surface area contributed by atoms with Gasteiger partial charge in [-0.1, -0.05) is 24.3 Å². The van der Waals surface area contributed by atoms with Crippen molar-refractivity contribution in [2.75, 3.05) is 25.7 Å². The molecule has 0 spiro atoms. The molecule has 0 aliphatic carbocycles. The summed E-state index contributed by atoms with van der Waals surface area (Å²) in [6.45, 7) is -0.284. The van der Waals surface area contributed by atoms with Gasteiger partial charge in [-0.25, -0.2) is 5.01 Å². The van der Waals surface area contributed by atoms with E-state index in [1.165, 1.54) is 9.91 Å². The van der Waals surface area contributed by atoms with Crippen molar-refractivity contribution >= 4 is 29.0 Å². The number of methoxy groups -OCH3 is 2. The molecule has 2 aliphatic heterocycles. The summed E-state index contributed by atoms with van der Waals surface area (Å²) in [6.07, 6.45) is 0.494. The van der Waals surface area contributed by atoms with E-state index in [-0.39, 0.29) is 18.5 Å². The molecule has 0 N–H and O–H groups in total. The average Bonchev–Trinajstić information content (AvgIpc) is 3.45. The van der Waals surface area contributed by atoms with E-state index in [0.29, 0.717) is 23.4 Å². The highest BCUT2D eigenvalue weighted by Crippen LogP contribution is 2.35. The van der Waals surface area contributed by atoms with Crippen LogP contribution in [-0.2, 0) is 9.59 Å². The van der Waals surface area contributed by atoms with Crippen LogP contribution in [0.1, 0.15) is 33.9 Å². The van der Waals surface area contributed by atoms with Gasteiger partial charge in [0, 0.05) is 6.42 Å². The third kappa shape index (κ3) is 4.03. The van der Waals surface area contributed by atoms with Crippen LogP contribution in [0.5, 0.6) is 11.5 Å². The molecule has 1 atom stereocenters. The first-order chi connectivity index (χ1) is 17.0. The number of rotatable bonds is 6. The van der Waals surface area contributed by atoms with Gasteiger partial charge >= 0.3 is 0 Å². The number of ether oxygens (including phenoxy) is 2. The number of nitrogens with zero attached hydrogens (tertiary/aromatic N) is 3. The lowest BCUT2D eigenvalue weighted by atomic mass is 9.98. The minimum absolute atomic E-state index is 0.284. The van der Waals surface area contributed by atoms with Crippen molar-refractivity contribution in [3.05, 3.63) is 89.5 Å². The second-order valence-electron chi connectivity index (χ2n) is 8.24. The van der Waals surface area contributed by atoms with E-state index < -0.39 is 11.7 Å². The van der Waals surface area contributed by atoms with Crippen LogP contribution in [-0.4, -0.2) is 49.1 Å². The fourth-order valence-electron chi connectivity index (χ4n) is 4.40. The molecular formula is C27H23N3O5. The van der Waals surface area contributed by atoms with Gasteiger partial charge < -0.3 is 9.47 Å². The summed E-state index contributed by atoms with van der Waals surface area (Å²) < 4.78 is 10.5. The van der Waals surface area contributed by atoms with Crippen LogP contribution in [0.25, 0.3) is 0 Å². The first kappa shape index (κ1) is 22.3. The first-order valence-corrected chi connectivity index (χ1v) is 11.1. The van der Waals surface area contributed by atoms with E-state index in [1.54, 1.807) is 38.5 Å². The van der Waals surface area contributed by atoms with E-state index in [1.807, 2.05) is 48.5 Å². The van der Waals surface area contributed by atoms with Gasteiger partial charge in [0.05, 0.1) is 37.2 Å². The highest BCUT2D eigenvalue weighted by Gasteiger charge is 2.40. The number of hydrogen-bond acceptors (Lipinski definition) is 6. The van der Waals surface area contributed by atoms with Gasteiger partial charge in [-0.2, -0.15) is 5.10 Å². The summed E-state index contributed by atoms with van der Waals surface area (Å²) in [6, 6.07) is 21.3. The van der Waals surface area contributed by atoms with Crippen molar-refractivity contribution in [1.29, 1.82) is 0 Å². The molecule has 2 aliphatic rings. The molecule has 0 fully saturated rings. The molecule has 5 rings (SSSR count). The molecular weight excluding hydrogens is 446 g/mol. The number of benzene rings is 3. The van der Waals surface area contributed by atoms with Gasteiger partial charge in [0.25, 0.3) is 17.6 Å². The molecule has 0 bridgehead atoms. The average molecular weight is 469 g/mol. The Labute approximate surface area is 202 Å². The highest BCUT2D eigenvalue weighted by atomic mass is 16.5. The summed E-state index contributed by atoms with van der Waals surface area (Å²) in [5, 5.41) is 6.08. The van der Waals surface area contributed by atoms with Gasteiger partial charge in [0.2, 0.25) is 0 Å². The Hall–Kier alpha value is -4.46. The summed E-state index contributed by atoms with van der Waals surface area (Å²) in [7, 11) is 3.20. The SMILES string of the molecule is COc1ccc(C2=NN(C(=O)CN3C(=O)C(=O)c4ccccc43)C(c3ccc(OC)cc3)C2)cc1. The van der Waals surface area contributed by atoms with Gasteiger partial charge in [-0.15, -0.1) is 0 Å². The predicted octanol–water partition coefficient (Wildman–Crippen LogP) is 3.61. The molecule has 0 saturated carbocycles. The number of carbonyl (C=O) groups excluding carboxylic acids is 3. The third-order valence-corrected chi connectivity index (χ3v) is 6.26. The fourth-order valence-corrected chi connectivity index (χ4v) is 4.40. The van der Waals surface area contributed by atoms with E-state index in [2.05, 4.69) is 5.10 Å². The molecule has 0 aromatic heterocycles. The van der Waals surface area contributed by atoms with Crippen LogP contribution < -0.4 is 14.4 Å². The lowest BCUT2D eigenvalue weighted by Gasteiger charge is -2.25. The van der Waals surface area contributed by atoms with E-state index in [9.17, 15) is 14.4 Å². The number of para-hydroxylation sites is 1. The Morgan fingerprint density at radius 1 is 0.914 bits per heavy atom. The molecule has 2 amide bonds. The van der Waals surface area contributed by atoms with Crippen molar-refractivity contribution < 1.29 is 23.9 Å². The van der Waals surface area contributed by atoms with Crippen molar-refractivity contribution in [3.8, 4) is 11.5 Å². The van der Waals surface area contributed by atoms with Gasteiger partial charge in [0.15, 0.2) is 0 Å². The number of hydrazone groups is 1. The molecule has 35 heavy (non-hydrogen) atoms. The van der Waals surface area contributed by atoms with E-state index in [4.69, 9.17) is 9.47 Å². The predicted molar refractivity (Wildman–Crippen MR) is 130 cm³/mol. The maximum absolute atomic E-state index is 13.5. The van der Waals surface area contributed by atoms with Crippen LogP contribution in [0, 0.1) is 0 Å². The zero-order valence-electron chi connectivity index (χ0n) is 19.3. The molecule has 3 aromatic carbocycles. The lowest BCUT2D eigenvalue weighted by Crippen LogP contribution is -2.40. The maximum Gasteiger partial charge on any atom is 0.299 e. The van der Waals surface area contributed by atoms with Crippen molar-refractivity contribution in [1.82, 2.24) is 5.01 Å². The second kappa shape index (κ2) is 9.06. The largest absolute Gasteiger partial charge is 0.497 e. The minimum atomic E-state index is -0.709. The summed E-state index contributed by atoms with van der Waals surface area (Å²) in [5.41, 5.74) is 3.25. The Kier molecular flexibility index (Phi) is 5.78. The number of carbonyl (C=O) groups is 3. The molecule has 3 aromatic rings. The van der Waals surface area contributed by atoms with Crippen LogP contribution in [0.2, 0.25) is 0 Å². The number of hydrogen-bond donors (Lipinski definition) is 0. The van der Waals surface area contributed by atoms with Crippen molar-refractivity contribution in [2.45, 2.75) is 12.5 Å². The first-order valence-electron chi connectivity index (χ1n) is 11.1. The van der Waals surface area contributed by atoms with E-state index >= 15 is 0 Å². The van der Waals surface area contributed by atoms with Gasteiger partial charge in [-0.3, -0.25) is 19.3 Å². The Morgan fingerprint density at radius 3 is 2.20 bits per heavy atom. The zero-order valence-corrected chi connectivity index (χ0v) is 19.3. The zero-order chi connectivity index (χ0) is 24.5. The highest BCUT2D eigenvalue weighted by molar-refractivity contribution is 6.52. The number of ketones is 1. The number of anilines is 1. The molecule has 0 radical (unpaired) electrons. The van der Waals surface area contributed by atoms with Crippen molar-refractivity contribution in [3.63, 3.8) is 0 Å². The maximum atomic E-state index is 13.5. The Morgan fingerprint density at radius 2 is 1.54 bits per heavy atom. The number of Topliss-reactive ketones (excluding diaryl/α,β-unsaturated/α-hetero) is 1. The molecule has 0 saturated heterocycles. The quantitative estimate of drug-likeness (QED) is 0.515. The smallest absolute Gasteiger partial charge is 0.299 e. The van der Waals surface area contributed by atoms with Crippen molar-refractivity contribution in [2.24, 2.45) is 5.10 Å². The lowest BCUT2D eigenvalue weighted by molar-refractivity contribution is -0.132. The monoisotopic (exact) mass is 469 g/mol. The minimum Gasteiger partial charge on any atom is -0.497 e. The third-order valence-electron chi connectivity index (χ3n) is 6.26. The number of amides is 2. The standard InChI is InChI=1S/C27H23N3O5/c1-34-19-11-7-17(8-12-19)22-15-24(18-9-13-20(35-2)14-10-18)30(28-22)25(31)16-29-23-6-4-3-5-21(23)26(32)27(29)33/h3-14,24H,15-16H2,1-2H3. The summed E-state index contributed by atoms with van der Waals surface area (Å²) >= 11 is 0. The normalized spacial score (nSPS) is 16.9. The molecule has 1 unspecified atom stereocenters. The number of fused-ring (bicyclic) bond motifs is 1. The van der Waals surface area contributed by atoms with Crippen LogP contribution in [0.3, 0.4) is 0 Å². The van der Waals surface area contributed by atoms with Gasteiger partial charge in [-0.05, 0) is 59.7 Å². The summed E-state index contributed by atoms with van der Waals surface area (Å²) in [5.74, 6) is -0.267. The van der Waals surface area contributed by atoms with Crippen LogP contribution in [0.4, 0.5) is 5.69 Å². The molecule has 8 nitrogen and oxygen atoms in total. The molecule has 8 heteroatoms. The topological polar surface area (TPSA) is 88.5 Å². The van der Waals surface area contributed by atoms with Gasteiger partial charge in [0.1, 0.15) is 18.0 Å². The second-order valence-corrected chi connectivity index (χ2v) is 8.24. The molecule has 176 valence electrons. The Bertz CT molecular complexity index is 1330.